The van der Waals surface area contributed by atoms with Gasteiger partial charge in [-0.1, -0.05) is 18.2 Å². The van der Waals surface area contributed by atoms with Crippen LogP contribution in [0.5, 0.6) is 17.2 Å². The Morgan fingerprint density at radius 2 is 2.00 bits per heavy atom. The molecule has 1 heterocycles. The van der Waals surface area contributed by atoms with Gasteiger partial charge in [0.1, 0.15) is 18.5 Å². The molecule has 1 aliphatic heterocycles. The molecule has 132 valence electrons. The fourth-order valence-corrected chi connectivity index (χ4v) is 2.35. The summed E-state index contributed by atoms with van der Waals surface area (Å²) in [4.78, 5) is 13.5. The molecule has 1 unspecified atom stereocenters. The minimum atomic E-state index is -0.822. The third kappa shape index (κ3) is 4.54. The average molecular weight is 344 g/mol. The Kier molecular flexibility index (Phi) is 5.25. The molecular formula is C18H20N2O5. The Labute approximate surface area is 145 Å². The van der Waals surface area contributed by atoms with Crippen LogP contribution in [0.2, 0.25) is 0 Å². The van der Waals surface area contributed by atoms with E-state index in [1.807, 2.05) is 18.2 Å². The number of nitrogens with one attached hydrogen (secondary N) is 1. The number of nitrogens with zero attached hydrogens (tertiary/aromatic N) is 1. The summed E-state index contributed by atoms with van der Waals surface area (Å²) in [6.45, 7) is 0.397. The van der Waals surface area contributed by atoms with Gasteiger partial charge >= 0.3 is 6.03 Å². The highest BCUT2D eigenvalue weighted by atomic mass is 16.7. The predicted octanol–water partition coefficient (Wildman–Crippen LogP) is 2.32. The van der Waals surface area contributed by atoms with Crippen LogP contribution in [0.1, 0.15) is 0 Å². The Balaban J connectivity index is 1.45. The lowest BCUT2D eigenvalue weighted by Gasteiger charge is -2.21. The zero-order chi connectivity index (χ0) is 17.6. The molecule has 0 spiro atoms. The van der Waals surface area contributed by atoms with Gasteiger partial charge in [0.15, 0.2) is 11.5 Å². The molecule has 0 radical (unpaired) electrons. The zero-order valence-corrected chi connectivity index (χ0v) is 13.8. The van der Waals surface area contributed by atoms with Crippen LogP contribution < -0.4 is 19.5 Å². The smallest absolute Gasteiger partial charge is 0.321 e. The van der Waals surface area contributed by atoms with Gasteiger partial charge in [-0.25, -0.2) is 4.79 Å². The summed E-state index contributed by atoms with van der Waals surface area (Å²) < 4.78 is 16.0. The lowest BCUT2D eigenvalue weighted by molar-refractivity contribution is 0.0849. The number of hydrogen-bond acceptors (Lipinski definition) is 5. The normalized spacial score (nSPS) is 13.2. The van der Waals surface area contributed by atoms with E-state index in [2.05, 4.69) is 5.32 Å². The van der Waals surface area contributed by atoms with Gasteiger partial charge in [-0.15, -0.1) is 0 Å². The second-order valence-corrected chi connectivity index (χ2v) is 5.66. The van der Waals surface area contributed by atoms with E-state index in [4.69, 9.17) is 14.2 Å². The first-order valence-corrected chi connectivity index (χ1v) is 7.89. The van der Waals surface area contributed by atoms with Gasteiger partial charge in [0, 0.05) is 18.8 Å². The molecule has 0 aromatic heterocycles. The number of carbonyl (C=O) groups excluding carboxylic acids is 1. The number of anilines is 1. The Morgan fingerprint density at radius 3 is 2.80 bits per heavy atom. The molecule has 2 aromatic carbocycles. The molecular weight excluding hydrogens is 324 g/mol. The van der Waals surface area contributed by atoms with Crippen molar-refractivity contribution in [1.29, 1.82) is 0 Å². The molecule has 25 heavy (non-hydrogen) atoms. The van der Waals surface area contributed by atoms with Crippen molar-refractivity contribution in [2.45, 2.75) is 6.10 Å². The largest absolute Gasteiger partial charge is 0.491 e. The van der Waals surface area contributed by atoms with Gasteiger partial charge in [0.05, 0.1) is 6.54 Å². The monoisotopic (exact) mass is 344 g/mol. The molecule has 7 nitrogen and oxygen atoms in total. The molecule has 7 heteroatoms. The minimum absolute atomic E-state index is 0.0581. The van der Waals surface area contributed by atoms with Gasteiger partial charge in [0.2, 0.25) is 6.79 Å². The number of ether oxygens (including phenoxy) is 3. The van der Waals surface area contributed by atoms with Gasteiger partial charge in [-0.2, -0.15) is 0 Å². The number of aliphatic hydroxyl groups is 1. The van der Waals surface area contributed by atoms with Crippen LogP contribution in [-0.2, 0) is 0 Å². The third-order valence-corrected chi connectivity index (χ3v) is 3.64. The second kappa shape index (κ2) is 7.76. The topological polar surface area (TPSA) is 80.3 Å². The molecule has 2 N–H and O–H groups in total. The van der Waals surface area contributed by atoms with Gasteiger partial charge in [-0.05, 0) is 24.3 Å². The van der Waals surface area contributed by atoms with Crippen LogP contribution in [-0.4, -0.2) is 49.1 Å². The van der Waals surface area contributed by atoms with Crippen LogP contribution >= 0.6 is 0 Å². The van der Waals surface area contributed by atoms with E-state index in [-0.39, 0.29) is 26.0 Å². The van der Waals surface area contributed by atoms with Gasteiger partial charge < -0.3 is 29.5 Å². The Hall–Kier alpha value is -2.93. The van der Waals surface area contributed by atoms with Crippen LogP contribution in [0.3, 0.4) is 0 Å². The highest BCUT2D eigenvalue weighted by Crippen LogP contribution is 2.35. The molecule has 0 bridgehead atoms. The predicted molar refractivity (Wildman–Crippen MR) is 92.2 cm³/mol. The van der Waals surface area contributed by atoms with Crippen molar-refractivity contribution in [3.05, 3.63) is 48.5 Å². The number of likely N-dealkylation sites (N-methyl/N-ethyl adjacent to an activating group) is 1. The van der Waals surface area contributed by atoms with Crippen molar-refractivity contribution < 1.29 is 24.1 Å². The van der Waals surface area contributed by atoms with Gasteiger partial charge in [-0.3, -0.25) is 0 Å². The number of fused-ring (bicyclic) bond motifs is 1. The summed E-state index contributed by atoms with van der Waals surface area (Å²) in [5, 5.41) is 12.8. The highest BCUT2D eigenvalue weighted by Gasteiger charge is 2.16. The number of benzene rings is 2. The zero-order valence-electron chi connectivity index (χ0n) is 13.8. The van der Waals surface area contributed by atoms with E-state index in [9.17, 15) is 9.90 Å². The highest BCUT2D eigenvalue weighted by molar-refractivity contribution is 5.89. The molecule has 1 aliphatic rings. The molecule has 3 rings (SSSR count). The van der Waals surface area contributed by atoms with Crippen LogP contribution in [0.4, 0.5) is 10.5 Å². The number of amides is 2. The number of hydrogen-bond donors (Lipinski definition) is 2. The third-order valence-electron chi connectivity index (χ3n) is 3.64. The standard InChI is InChI=1S/C18H20N2O5/c1-20(18(22)19-13-5-3-2-4-6-13)10-14(21)11-23-15-7-8-16-17(9-15)25-12-24-16/h2-9,14,21H,10-12H2,1H3,(H,19,22). The first-order chi connectivity index (χ1) is 12.1. The SMILES string of the molecule is CN(CC(O)COc1ccc2c(c1)OCO2)C(=O)Nc1ccccc1. The van der Waals surface area contributed by atoms with Crippen molar-refractivity contribution >= 4 is 11.7 Å². The van der Waals surface area contributed by atoms with Crippen molar-refractivity contribution in [3.63, 3.8) is 0 Å². The number of urea groups is 1. The summed E-state index contributed by atoms with van der Waals surface area (Å²) in [5.41, 5.74) is 0.699. The summed E-state index contributed by atoms with van der Waals surface area (Å²) in [6.07, 6.45) is -0.822. The van der Waals surface area contributed by atoms with E-state index in [1.54, 1.807) is 37.4 Å². The number of rotatable bonds is 6. The summed E-state index contributed by atoms with van der Waals surface area (Å²) >= 11 is 0. The minimum Gasteiger partial charge on any atom is -0.491 e. The molecule has 1 atom stereocenters. The molecule has 0 fully saturated rings. The molecule has 0 saturated carbocycles. The number of carbonyl (C=O) groups is 1. The molecule has 0 aliphatic carbocycles. The van der Waals surface area contributed by atoms with E-state index < -0.39 is 6.10 Å². The van der Waals surface area contributed by atoms with Crippen molar-refractivity contribution in [1.82, 2.24) is 4.90 Å². The maximum Gasteiger partial charge on any atom is 0.321 e. The van der Waals surface area contributed by atoms with Crippen molar-refractivity contribution in [2.24, 2.45) is 0 Å². The van der Waals surface area contributed by atoms with Gasteiger partial charge in [0.25, 0.3) is 0 Å². The first kappa shape index (κ1) is 16.9. The Morgan fingerprint density at radius 1 is 1.24 bits per heavy atom. The van der Waals surface area contributed by atoms with E-state index in [0.29, 0.717) is 22.9 Å². The molecule has 2 amide bonds. The Bertz CT molecular complexity index is 723. The number of aliphatic hydroxyl groups excluding tert-OH is 1. The van der Waals surface area contributed by atoms with E-state index in [0.717, 1.165) is 0 Å². The van der Waals surface area contributed by atoms with Crippen molar-refractivity contribution in [2.75, 3.05) is 32.3 Å². The maximum absolute atomic E-state index is 12.1. The summed E-state index contributed by atoms with van der Waals surface area (Å²) in [7, 11) is 1.61. The lowest BCUT2D eigenvalue weighted by atomic mass is 10.3. The maximum atomic E-state index is 12.1. The molecule has 0 saturated heterocycles. The fourth-order valence-electron chi connectivity index (χ4n) is 2.35. The second-order valence-electron chi connectivity index (χ2n) is 5.66. The lowest BCUT2D eigenvalue weighted by Crippen LogP contribution is -2.39. The van der Waals surface area contributed by atoms with E-state index in [1.165, 1.54) is 4.90 Å². The van der Waals surface area contributed by atoms with Crippen LogP contribution in [0.15, 0.2) is 48.5 Å². The molecule has 2 aromatic rings. The number of para-hydroxylation sites is 1. The first-order valence-electron chi connectivity index (χ1n) is 7.89. The van der Waals surface area contributed by atoms with Crippen molar-refractivity contribution in [3.8, 4) is 17.2 Å². The summed E-state index contributed by atoms with van der Waals surface area (Å²) in [5.74, 6) is 1.86. The average Bonchev–Trinajstić information content (AvgIpc) is 3.08. The summed E-state index contributed by atoms with van der Waals surface area (Å²) in [6, 6.07) is 14.0. The fraction of sp³-hybridized carbons (Fsp3) is 0.278. The van der Waals surface area contributed by atoms with Crippen LogP contribution in [0.25, 0.3) is 0 Å². The quantitative estimate of drug-likeness (QED) is 0.841. The van der Waals surface area contributed by atoms with Crippen LogP contribution in [0, 0.1) is 0 Å². The van der Waals surface area contributed by atoms with E-state index >= 15 is 0 Å².